The van der Waals surface area contributed by atoms with Crippen LogP contribution in [0.5, 0.6) is 0 Å². The van der Waals surface area contributed by atoms with E-state index in [1.165, 1.54) is 28.7 Å². The smallest absolute Gasteiger partial charge is 0.316 e. The van der Waals surface area contributed by atoms with E-state index in [0.717, 1.165) is 12.8 Å². The number of carbonyl (C=O) groups excluding carboxylic acids is 2. The van der Waals surface area contributed by atoms with Gasteiger partial charge in [0.2, 0.25) is 5.13 Å². The van der Waals surface area contributed by atoms with Gasteiger partial charge in [-0.2, -0.15) is 0 Å². The molecule has 9 heteroatoms. The number of nitrogens with zero attached hydrogens (tertiary/aromatic N) is 2. The highest BCUT2D eigenvalue weighted by Gasteiger charge is 2.12. The van der Waals surface area contributed by atoms with Gasteiger partial charge in [-0.05, 0) is 25.3 Å². The second-order valence-electron chi connectivity index (χ2n) is 5.35. The van der Waals surface area contributed by atoms with Crippen molar-refractivity contribution >= 4 is 40.1 Å². The zero-order valence-electron chi connectivity index (χ0n) is 13.8. The lowest BCUT2D eigenvalue weighted by Gasteiger charge is -2.14. The molecule has 1 atom stereocenters. The number of nitrogen functional groups attached to an aromatic ring is 1. The molecule has 0 aliphatic carbocycles. The van der Waals surface area contributed by atoms with E-state index in [1.807, 2.05) is 25.1 Å². The third-order valence-corrected chi connectivity index (χ3v) is 5.08. The lowest BCUT2D eigenvalue weighted by Crippen LogP contribution is -2.36. The van der Waals surface area contributed by atoms with E-state index in [-0.39, 0.29) is 24.3 Å². The summed E-state index contributed by atoms with van der Waals surface area (Å²) in [5, 5.41) is 10.6. The lowest BCUT2D eigenvalue weighted by atomic mass is 10.1. The van der Waals surface area contributed by atoms with Crippen LogP contribution in [0.4, 0.5) is 5.13 Å². The summed E-state index contributed by atoms with van der Waals surface area (Å²) in [6.07, 6.45) is 1.70. The Morgan fingerprint density at radius 1 is 1.32 bits per heavy atom. The van der Waals surface area contributed by atoms with Crippen molar-refractivity contribution in [3.63, 3.8) is 0 Å². The Labute approximate surface area is 154 Å². The van der Waals surface area contributed by atoms with Crippen LogP contribution >= 0.6 is 23.1 Å². The molecule has 1 heterocycles. The highest BCUT2D eigenvalue weighted by atomic mass is 32.2. The number of benzene rings is 1. The van der Waals surface area contributed by atoms with Gasteiger partial charge in [-0.15, -0.1) is 10.2 Å². The van der Waals surface area contributed by atoms with E-state index in [1.54, 1.807) is 0 Å². The number of ether oxygens (including phenoxy) is 1. The third-order valence-electron chi connectivity index (χ3n) is 3.22. The first kappa shape index (κ1) is 19.2. The minimum atomic E-state index is -0.481. The molecule has 3 N–H and O–H groups in total. The van der Waals surface area contributed by atoms with Crippen molar-refractivity contribution in [2.45, 2.75) is 30.1 Å². The average molecular weight is 380 g/mol. The van der Waals surface area contributed by atoms with Gasteiger partial charge >= 0.3 is 5.97 Å². The van der Waals surface area contributed by atoms with E-state index < -0.39 is 5.97 Å². The van der Waals surface area contributed by atoms with Crippen LogP contribution < -0.4 is 11.1 Å². The Morgan fingerprint density at radius 3 is 2.76 bits per heavy atom. The molecule has 0 saturated carbocycles. The number of thioether (sulfide) groups is 1. The molecule has 0 aliphatic heterocycles. The number of anilines is 1. The standard InChI is InChI=1S/C16H20N4O3S2/c1-11(7-8-12-5-3-2-4-6-12)18-13(21)9-23-14(22)10-24-16-20-19-15(17)25-16/h2-6,11H,7-10H2,1H3,(H2,17,19)(H,18,21)/t11-/m1/s1. The molecular weight excluding hydrogens is 360 g/mol. The molecule has 2 rings (SSSR count). The molecule has 7 nitrogen and oxygen atoms in total. The van der Waals surface area contributed by atoms with Gasteiger partial charge in [0.1, 0.15) is 0 Å². The Balaban J connectivity index is 1.60. The van der Waals surface area contributed by atoms with E-state index in [9.17, 15) is 9.59 Å². The van der Waals surface area contributed by atoms with Crippen molar-refractivity contribution < 1.29 is 14.3 Å². The molecule has 2 aromatic rings. The van der Waals surface area contributed by atoms with Crippen molar-refractivity contribution in [1.82, 2.24) is 15.5 Å². The zero-order valence-corrected chi connectivity index (χ0v) is 15.4. The monoisotopic (exact) mass is 380 g/mol. The summed E-state index contributed by atoms with van der Waals surface area (Å²) in [7, 11) is 0. The SMILES string of the molecule is C[C@H](CCc1ccccc1)NC(=O)COC(=O)CSc1nnc(N)s1. The number of hydrogen-bond acceptors (Lipinski definition) is 8. The molecule has 1 aromatic heterocycles. The minimum Gasteiger partial charge on any atom is -0.455 e. The number of aryl methyl sites for hydroxylation is 1. The molecule has 0 spiro atoms. The van der Waals surface area contributed by atoms with Crippen LogP contribution in [0.1, 0.15) is 18.9 Å². The van der Waals surface area contributed by atoms with Crippen LogP contribution in [0.2, 0.25) is 0 Å². The molecular formula is C16H20N4O3S2. The van der Waals surface area contributed by atoms with Gasteiger partial charge in [0.05, 0.1) is 5.75 Å². The number of carbonyl (C=O) groups is 2. The van der Waals surface area contributed by atoms with E-state index in [2.05, 4.69) is 27.6 Å². The summed E-state index contributed by atoms with van der Waals surface area (Å²) in [4.78, 5) is 23.4. The molecule has 134 valence electrons. The van der Waals surface area contributed by atoms with Crippen LogP contribution in [-0.4, -0.2) is 40.5 Å². The first-order chi connectivity index (χ1) is 12.0. The number of nitrogens with one attached hydrogen (secondary N) is 1. The Hall–Kier alpha value is -2.13. The zero-order chi connectivity index (χ0) is 18.1. The van der Waals surface area contributed by atoms with Crippen molar-refractivity contribution in [3.05, 3.63) is 35.9 Å². The molecule has 0 aliphatic rings. The van der Waals surface area contributed by atoms with Crippen LogP contribution in [0.3, 0.4) is 0 Å². The van der Waals surface area contributed by atoms with Gasteiger partial charge in [-0.1, -0.05) is 53.4 Å². The molecule has 0 saturated heterocycles. The van der Waals surface area contributed by atoms with Crippen molar-refractivity contribution in [3.8, 4) is 0 Å². The van der Waals surface area contributed by atoms with Gasteiger partial charge in [-0.3, -0.25) is 9.59 Å². The third kappa shape index (κ3) is 7.53. The van der Waals surface area contributed by atoms with Gasteiger partial charge in [0.15, 0.2) is 10.9 Å². The summed E-state index contributed by atoms with van der Waals surface area (Å²) in [6, 6.07) is 10.1. The number of amides is 1. The van der Waals surface area contributed by atoms with E-state index in [0.29, 0.717) is 9.47 Å². The van der Waals surface area contributed by atoms with Crippen LogP contribution in [0, 0.1) is 0 Å². The summed E-state index contributed by atoms with van der Waals surface area (Å²) in [5.41, 5.74) is 6.68. The summed E-state index contributed by atoms with van der Waals surface area (Å²) >= 11 is 2.38. The largest absolute Gasteiger partial charge is 0.455 e. The first-order valence-corrected chi connectivity index (χ1v) is 9.54. The summed E-state index contributed by atoms with van der Waals surface area (Å²) < 4.78 is 5.54. The van der Waals surface area contributed by atoms with Crippen LogP contribution in [0.25, 0.3) is 0 Å². The quantitative estimate of drug-likeness (QED) is 0.505. The molecule has 1 aromatic carbocycles. The first-order valence-electron chi connectivity index (χ1n) is 7.73. The Bertz CT molecular complexity index is 694. The molecule has 0 bridgehead atoms. The van der Waals surface area contributed by atoms with E-state index in [4.69, 9.17) is 10.5 Å². The van der Waals surface area contributed by atoms with Crippen LogP contribution in [-0.2, 0) is 20.7 Å². The van der Waals surface area contributed by atoms with Crippen molar-refractivity contribution in [1.29, 1.82) is 0 Å². The predicted molar refractivity (Wildman–Crippen MR) is 98.4 cm³/mol. The Morgan fingerprint density at radius 2 is 2.08 bits per heavy atom. The van der Waals surface area contributed by atoms with Gasteiger partial charge in [-0.25, -0.2) is 0 Å². The fourth-order valence-corrected chi connectivity index (χ4v) is 3.44. The minimum absolute atomic E-state index is 0.00477. The fourth-order valence-electron chi connectivity index (χ4n) is 2.00. The highest BCUT2D eigenvalue weighted by Crippen LogP contribution is 2.23. The van der Waals surface area contributed by atoms with Gasteiger partial charge in [0, 0.05) is 6.04 Å². The molecule has 0 radical (unpaired) electrons. The topological polar surface area (TPSA) is 107 Å². The Kier molecular flexibility index (Phi) is 7.68. The van der Waals surface area contributed by atoms with Crippen LogP contribution in [0.15, 0.2) is 34.7 Å². The van der Waals surface area contributed by atoms with E-state index >= 15 is 0 Å². The van der Waals surface area contributed by atoms with Gasteiger partial charge < -0.3 is 15.8 Å². The maximum absolute atomic E-state index is 11.8. The number of esters is 1. The highest BCUT2D eigenvalue weighted by molar-refractivity contribution is 8.01. The number of rotatable bonds is 9. The normalized spacial score (nSPS) is 11.7. The average Bonchev–Trinajstić information content (AvgIpc) is 3.02. The number of nitrogens with two attached hydrogens (primary N) is 1. The number of hydrogen-bond donors (Lipinski definition) is 2. The molecule has 1 amide bonds. The maximum atomic E-state index is 11.8. The summed E-state index contributed by atoms with van der Waals surface area (Å²) in [6.45, 7) is 1.64. The second kappa shape index (κ2) is 10.00. The molecule has 25 heavy (non-hydrogen) atoms. The predicted octanol–water partition coefficient (Wildman–Crippen LogP) is 1.89. The molecule has 0 unspecified atom stereocenters. The van der Waals surface area contributed by atoms with Crippen molar-refractivity contribution in [2.75, 3.05) is 18.1 Å². The number of aromatic nitrogens is 2. The second-order valence-corrected chi connectivity index (χ2v) is 7.58. The van der Waals surface area contributed by atoms with Gasteiger partial charge in [0.25, 0.3) is 5.91 Å². The lowest BCUT2D eigenvalue weighted by molar-refractivity contribution is -0.146. The fraction of sp³-hybridized carbons (Fsp3) is 0.375. The summed E-state index contributed by atoms with van der Waals surface area (Å²) in [5.74, 6) is -0.726. The maximum Gasteiger partial charge on any atom is 0.316 e. The van der Waals surface area contributed by atoms with Crippen molar-refractivity contribution in [2.24, 2.45) is 0 Å². The molecule has 0 fully saturated rings.